The van der Waals surface area contributed by atoms with E-state index in [0.29, 0.717) is 5.88 Å². The zero-order valence-electron chi connectivity index (χ0n) is 11.7. The van der Waals surface area contributed by atoms with E-state index in [1.807, 2.05) is 0 Å². The molecule has 1 unspecified atom stereocenters. The molecule has 1 aliphatic heterocycles. The molecule has 1 heterocycles. The van der Waals surface area contributed by atoms with Crippen LogP contribution < -0.4 is 0 Å². The van der Waals surface area contributed by atoms with Crippen molar-refractivity contribution in [3.63, 3.8) is 0 Å². The van der Waals surface area contributed by atoms with Crippen LogP contribution in [-0.4, -0.2) is 19.1 Å². The Morgan fingerprint density at radius 1 is 1.22 bits per heavy atom. The van der Waals surface area contributed by atoms with Gasteiger partial charge in [0.2, 0.25) is 0 Å². The number of alkyl halides is 1. The third-order valence-corrected chi connectivity index (χ3v) is 4.65. The second-order valence-electron chi connectivity index (χ2n) is 5.84. The van der Waals surface area contributed by atoms with E-state index in [9.17, 15) is 0 Å². The average molecular weight is 267 g/mol. The molecule has 1 aliphatic rings. The van der Waals surface area contributed by atoms with Gasteiger partial charge in [-0.05, 0) is 56.7 Å². The molecule has 0 aliphatic carbocycles. The topological polar surface area (TPSA) is 9.23 Å². The molecule has 2 rings (SSSR count). The molecule has 0 N–H and O–H groups in total. The minimum atomic E-state index is 0.143. The zero-order valence-corrected chi connectivity index (χ0v) is 12.4. The highest BCUT2D eigenvalue weighted by Gasteiger charge is 2.33. The quantitative estimate of drug-likeness (QED) is 0.746. The summed E-state index contributed by atoms with van der Waals surface area (Å²) < 4.78 is 5.67. The molecule has 0 saturated carbocycles. The van der Waals surface area contributed by atoms with E-state index in [4.69, 9.17) is 16.3 Å². The highest BCUT2D eigenvalue weighted by atomic mass is 35.5. The first kappa shape index (κ1) is 13.9. The minimum Gasteiger partial charge on any atom is -0.381 e. The predicted octanol–water partition coefficient (Wildman–Crippen LogP) is 4.19. The van der Waals surface area contributed by atoms with Gasteiger partial charge in [-0.3, -0.25) is 0 Å². The maximum Gasteiger partial charge on any atom is 0.0537 e. The van der Waals surface area contributed by atoms with E-state index in [1.165, 1.54) is 28.7 Å². The third-order valence-electron chi connectivity index (χ3n) is 4.08. The van der Waals surface area contributed by atoms with Gasteiger partial charge in [-0.25, -0.2) is 0 Å². The predicted molar refractivity (Wildman–Crippen MR) is 77.6 cm³/mol. The molecule has 0 aromatic heterocycles. The molecule has 1 fully saturated rings. The lowest BCUT2D eigenvalue weighted by Crippen LogP contribution is -2.36. The van der Waals surface area contributed by atoms with Crippen LogP contribution in [0.5, 0.6) is 0 Å². The lowest BCUT2D eigenvalue weighted by molar-refractivity contribution is 0.00464. The number of halogens is 1. The number of benzene rings is 1. The molecule has 2 heteroatoms. The van der Waals surface area contributed by atoms with Crippen molar-refractivity contribution in [2.45, 2.75) is 40.0 Å². The van der Waals surface area contributed by atoms with Crippen LogP contribution in [0.2, 0.25) is 0 Å². The van der Waals surface area contributed by atoms with Crippen LogP contribution >= 0.6 is 11.6 Å². The first-order valence-electron chi connectivity index (χ1n) is 6.77. The second-order valence-corrected chi connectivity index (χ2v) is 6.11. The Kier molecular flexibility index (Phi) is 4.34. The van der Waals surface area contributed by atoms with Crippen LogP contribution in [-0.2, 0) is 11.2 Å². The Balaban J connectivity index is 2.27. The molecule has 0 radical (unpaired) electrons. The summed E-state index contributed by atoms with van der Waals surface area (Å²) in [6.07, 6.45) is 3.37. The third kappa shape index (κ3) is 2.89. The Morgan fingerprint density at radius 3 is 2.39 bits per heavy atom. The SMILES string of the molecule is Cc1cc(C)c(CC2(CCl)CCCOC2)c(C)c1. The summed E-state index contributed by atoms with van der Waals surface area (Å²) in [6, 6.07) is 4.54. The smallest absolute Gasteiger partial charge is 0.0537 e. The second kappa shape index (κ2) is 5.63. The monoisotopic (exact) mass is 266 g/mol. The maximum atomic E-state index is 6.24. The summed E-state index contributed by atoms with van der Waals surface area (Å²) in [6.45, 7) is 8.28. The van der Waals surface area contributed by atoms with Crippen molar-refractivity contribution in [1.29, 1.82) is 0 Å². The Labute approximate surface area is 115 Å². The Bertz CT molecular complexity index is 396. The van der Waals surface area contributed by atoms with Crippen molar-refractivity contribution < 1.29 is 4.74 Å². The fraction of sp³-hybridized carbons (Fsp3) is 0.625. The molecule has 1 aromatic carbocycles. The van der Waals surface area contributed by atoms with Gasteiger partial charge >= 0.3 is 0 Å². The van der Waals surface area contributed by atoms with Crippen LogP contribution in [0.3, 0.4) is 0 Å². The number of ether oxygens (including phenoxy) is 1. The van der Waals surface area contributed by atoms with Gasteiger partial charge < -0.3 is 4.74 Å². The van der Waals surface area contributed by atoms with Crippen molar-refractivity contribution in [2.24, 2.45) is 5.41 Å². The molecule has 0 amide bonds. The van der Waals surface area contributed by atoms with Crippen molar-refractivity contribution >= 4 is 11.6 Å². The number of rotatable bonds is 3. The fourth-order valence-electron chi connectivity index (χ4n) is 3.07. The van der Waals surface area contributed by atoms with Gasteiger partial charge in [0.15, 0.2) is 0 Å². The van der Waals surface area contributed by atoms with E-state index >= 15 is 0 Å². The summed E-state index contributed by atoms with van der Waals surface area (Å²) >= 11 is 6.24. The highest BCUT2D eigenvalue weighted by Crippen LogP contribution is 2.35. The van der Waals surface area contributed by atoms with Crippen LogP contribution in [0.25, 0.3) is 0 Å². The molecule has 18 heavy (non-hydrogen) atoms. The van der Waals surface area contributed by atoms with Gasteiger partial charge in [0.25, 0.3) is 0 Å². The lowest BCUT2D eigenvalue weighted by Gasteiger charge is -2.36. The van der Waals surface area contributed by atoms with Gasteiger partial charge in [0.05, 0.1) is 6.61 Å². The summed E-state index contributed by atoms with van der Waals surface area (Å²) in [5.41, 5.74) is 5.73. The van der Waals surface area contributed by atoms with Crippen LogP contribution in [0.1, 0.15) is 35.1 Å². The molecular formula is C16H23ClO. The minimum absolute atomic E-state index is 0.143. The highest BCUT2D eigenvalue weighted by molar-refractivity contribution is 6.18. The van der Waals surface area contributed by atoms with E-state index in [0.717, 1.165) is 26.1 Å². The van der Waals surface area contributed by atoms with Crippen molar-refractivity contribution in [1.82, 2.24) is 0 Å². The number of hydrogen-bond donors (Lipinski definition) is 0. The van der Waals surface area contributed by atoms with Crippen LogP contribution in [0.4, 0.5) is 0 Å². The van der Waals surface area contributed by atoms with Crippen molar-refractivity contribution in [3.8, 4) is 0 Å². The average Bonchev–Trinajstić information content (AvgIpc) is 2.35. The summed E-state index contributed by atoms with van der Waals surface area (Å²) in [4.78, 5) is 0. The van der Waals surface area contributed by atoms with E-state index in [-0.39, 0.29) is 5.41 Å². The van der Waals surface area contributed by atoms with E-state index < -0.39 is 0 Å². The molecule has 0 spiro atoms. The number of hydrogen-bond acceptors (Lipinski definition) is 1. The fourth-order valence-corrected chi connectivity index (χ4v) is 3.37. The van der Waals surface area contributed by atoms with Crippen molar-refractivity contribution in [3.05, 3.63) is 34.4 Å². The number of aryl methyl sites for hydroxylation is 3. The first-order valence-corrected chi connectivity index (χ1v) is 7.30. The van der Waals surface area contributed by atoms with Gasteiger partial charge in [0, 0.05) is 17.9 Å². The normalized spacial score (nSPS) is 24.2. The van der Waals surface area contributed by atoms with Gasteiger partial charge in [-0.15, -0.1) is 11.6 Å². The largest absolute Gasteiger partial charge is 0.381 e. The maximum absolute atomic E-state index is 6.24. The Morgan fingerprint density at radius 2 is 1.89 bits per heavy atom. The molecule has 1 saturated heterocycles. The first-order chi connectivity index (χ1) is 8.56. The molecule has 0 bridgehead atoms. The van der Waals surface area contributed by atoms with Crippen molar-refractivity contribution in [2.75, 3.05) is 19.1 Å². The van der Waals surface area contributed by atoms with E-state index in [1.54, 1.807) is 0 Å². The molecule has 1 atom stereocenters. The molecule has 1 nitrogen and oxygen atoms in total. The van der Waals surface area contributed by atoms with Crippen LogP contribution in [0, 0.1) is 26.2 Å². The zero-order chi connectivity index (χ0) is 13.2. The summed E-state index contributed by atoms with van der Waals surface area (Å²) in [5.74, 6) is 0.694. The summed E-state index contributed by atoms with van der Waals surface area (Å²) in [5, 5.41) is 0. The summed E-state index contributed by atoms with van der Waals surface area (Å²) in [7, 11) is 0. The molecule has 100 valence electrons. The van der Waals surface area contributed by atoms with Crippen LogP contribution in [0.15, 0.2) is 12.1 Å². The van der Waals surface area contributed by atoms with Gasteiger partial charge in [-0.2, -0.15) is 0 Å². The standard InChI is InChI=1S/C16H23ClO/c1-12-7-13(2)15(14(3)8-12)9-16(10-17)5-4-6-18-11-16/h7-8H,4-6,9-11H2,1-3H3. The Hall–Kier alpha value is -0.530. The van der Waals surface area contributed by atoms with E-state index in [2.05, 4.69) is 32.9 Å². The lowest BCUT2D eigenvalue weighted by atomic mass is 9.77. The molecular weight excluding hydrogens is 244 g/mol. The molecule has 1 aromatic rings. The van der Waals surface area contributed by atoms with Gasteiger partial charge in [0.1, 0.15) is 0 Å². The van der Waals surface area contributed by atoms with Gasteiger partial charge in [-0.1, -0.05) is 17.7 Å².